The molecule has 1 nitrogen and oxygen atoms in total. The quantitative estimate of drug-likeness (QED) is 0.337. The average molecular weight is 569 g/mol. The monoisotopic (exact) mass is 565 g/mol. The van der Waals surface area contributed by atoms with Crippen molar-refractivity contribution in [2.45, 2.75) is 33.1 Å². The number of fused-ring (bicyclic) bond motifs is 1. The van der Waals surface area contributed by atoms with Gasteiger partial charge in [0.1, 0.15) is 0 Å². The summed E-state index contributed by atoms with van der Waals surface area (Å²) in [6.45, 7) is 4.32. The number of halogens is 7. The number of H-pyrrole nitrogens is 1. The Kier molecular flexibility index (Phi) is 7.45. The summed E-state index contributed by atoms with van der Waals surface area (Å²) in [5, 5.41) is 2.06. The van der Waals surface area contributed by atoms with Crippen molar-refractivity contribution in [3.8, 4) is 0 Å². The van der Waals surface area contributed by atoms with Crippen molar-refractivity contribution in [3.05, 3.63) is 40.5 Å². The van der Waals surface area contributed by atoms with E-state index in [9.17, 15) is 0 Å². The topological polar surface area (TPSA) is 14.1 Å². The van der Waals surface area contributed by atoms with Crippen LogP contribution in [0, 0.1) is 6.92 Å². The van der Waals surface area contributed by atoms with E-state index in [0.29, 0.717) is 0 Å². The average Bonchev–Trinajstić information content (AvgIpc) is 2.32. The van der Waals surface area contributed by atoms with Crippen LogP contribution in [0.15, 0.2) is 24.3 Å². The van der Waals surface area contributed by atoms with Gasteiger partial charge in [-0.1, -0.05) is 24.9 Å². The summed E-state index contributed by atoms with van der Waals surface area (Å²) in [7, 11) is 25.0. The van der Waals surface area contributed by atoms with Crippen LogP contribution >= 0.6 is 64.6 Å². The van der Waals surface area contributed by atoms with E-state index in [1.807, 2.05) is 6.07 Å². The van der Waals surface area contributed by atoms with Crippen LogP contribution in [-0.4, -0.2) is 9.14 Å². The minimum atomic E-state index is -5.42. The number of rotatable bonds is 3. The van der Waals surface area contributed by atoms with Crippen molar-refractivity contribution in [1.82, 2.24) is 0 Å². The predicted molar refractivity (Wildman–Crippen MR) is 110 cm³/mol. The maximum atomic E-state index is 6.05. The number of nitrogens with one attached hydrogen (secondary N) is 1. The number of benzene rings is 1. The summed E-state index contributed by atoms with van der Waals surface area (Å²) < 4.78 is 0. The van der Waals surface area contributed by atoms with Crippen molar-refractivity contribution in [3.63, 3.8) is 0 Å². The first-order chi connectivity index (χ1) is 10.2. The Morgan fingerprint density at radius 2 is 1.57 bits per heavy atom. The molecular weight excluding hydrogens is 552 g/mol. The standard InChI is InChI=1S/C14H16ClN.6ClH.Sb/c1-3-4-5-11-8-10(2)16-14-7-6-12(15)9-13(11)14;;;;;;;/h6-9H,3-5H2,1-2H3;6*1H;/q;;;;;;;+5/p-5. The van der Waals surface area contributed by atoms with Gasteiger partial charge in [-0.2, -0.15) is 0 Å². The number of aromatic amines is 1. The van der Waals surface area contributed by atoms with Crippen molar-refractivity contribution >= 4 is 84.6 Å². The third-order valence-electron chi connectivity index (χ3n) is 2.85. The van der Waals surface area contributed by atoms with Gasteiger partial charge in [-0.05, 0) is 30.5 Å². The summed E-state index contributed by atoms with van der Waals surface area (Å²) in [6, 6.07) is 8.27. The summed E-state index contributed by atoms with van der Waals surface area (Å²) in [6.07, 6.45) is 3.58. The van der Waals surface area contributed by atoms with Gasteiger partial charge in [0, 0.05) is 24.1 Å². The van der Waals surface area contributed by atoms with Crippen LogP contribution in [0.5, 0.6) is 0 Å². The molecule has 0 spiro atoms. The number of hydrogen-bond acceptors (Lipinski definition) is 0. The normalized spacial score (nSPS) is 14.7. The first-order valence-electron chi connectivity index (χ1n) is 6.83. The minimum absolute atomic E-state index is 0.808. The zero-order chi connectivity index (χ0) is 18.0. The van der Waals surface area contributed by atoms with E-state index in [-0.39, 0.29) is 0 Å². The molecule has 23 heavy (non-hydrogen) atoms. The molecular formula is C14H17Cl7NSb. The molecule has 0 atom stereocenters. The molecule has 2 aromatic rings. The van der Waals surface area contributed by atoms with Crippen LogP contribution in [0.3, 0.4) is 0 Å². The first-order valence-corrected chi connectivity index (χ1v) is 26.6. The van der Waals surface area contributed by atoms with Crippen LogP contribution in [0.4, 0.5) is 0 Å². The Balaban J connectivity index is 0.000000322. The van der Waals surface area contributed by atoms with Gasteiger partial charge < -0.3 is 0 Å². The van der Waals surface area contributed by atoms with Crippen LogP contribution in [0.2, 0.25) is 5.02 Å². The Morgan fingerprint density at radius 3 is 2.09 bits per heavy atom. The summed E-state index contributed by atoms with van der Waals surface area (Å²) in [4.78, 5) is 3.38. The molecule has 1 N–H and O–H groups in total. The molecule has 0 radical (unpaired) electrons. The molecule has 0 aliphatic carbocycles. The zero-order valence-corrected chi connectivity index (χ0v) is 20.4. The fourth-order valence-electron chi connectivity index (χ4n) is 2.05. The van der Waals surface area contributed by atoms with E-state index in [1.54, 1.807) is 0 Å². The zero-order valence-electron chi connectivity index (χ0n) is 12.5. The third kappa shape index (κ3) is 11.7. The van der Waals surface area contributed by atoms with E-state index in [1.165, 1.54) is 35.0 Å². The molecule has 0 saturated heterocycles. The van der Waals surface area contributed by atoms with Gasteiger partial charge in [0.25, 0.3) is 0 Å². The van der Waals surface area contributed by atoms with Gasteiger partial charge in [0.05, 0.1) is 5.39 Å². The molecule has 0 aliphatic rings. The molecule has 9 heteroatoms. The van der Waals surface area contributed by atoms with E-state index < -0.39 is 9.14 Å². The molecule has 0 saturated carbocycles. The molecule has 0 unspecified atom stereocenters. The number of unbranched alkanes of at least 4 members (excludes halogenated alkanes) is 1. The Labute approximate surface area is 161 Å². The van der Waals surface area contributed by atoms with E-state index in [0.717, 1.165) is 11.4 Å². The maximum absolute atomic E-state index is 6.05. The van der Waals surface area contributed by atoms with E-state index >= 15 is 0 Å². The summed E-state index contributed by atoms with van der Waals surface area (Å²) in [5.74, 6) is 0. The molecule has 1 aromatic heterocycles. The number of aryl methyl sites for hydroxylation is 2. The van der Waals surface area contributed by atoms with Crippen LogP contribution in [-0.2, 0) is 6.42 Å². The van der Waals surface area contributed by atoms with Crippen molar-refractivity contribution < 1.29 is 4.98 Å². The third-order valence-corrected chi connectivity index (χ3v) is 3.08. The fourth-order valence-corrected chi connectivity index (χ4v) is 2.22. The SMILES string of the molecule is CCCCc1cc(C)[nH+]c2ccc(Cl)cc12.[Cl][Sb-]([Cl])([Cl])([Cl])([Cl])[Cl]. The number of hydrogen-bond donors (Lipinski definition) is 0. The Bertz CT molecular complexity index is 684. The van der Waals surface area contributed by atoms with Gasteiger partial charge in [-0.3, -0.25) is 0 Å². The van der Waals surface area contributed by atoms with Gasteiger partial charge in [-0.25, -0.2) is 4.98 Å². The molecule has 0 aliphatic heterocycles. The molecule has 0 amide bonds. The molecule has 0 bridgehead atoms. The second kappa shape index (κ2) is 7.61. The predicted octanol–water partition coefficient (Wildman–Crippen LogP) is 7.71. The van der Waals surface area contributed by atoms with Crippen LogP contribution in [0.1, 0.15) is 31.0 Å². The molecule has 132 valence electrons. The second-order valence-electron chi connectivity index (χ2n) is 5.23. The van der Waals surface area contributed by atoms with Gasteiger partial charge >= 0.3 is 62.1 Å². The van der Waals surface area contributed by atoms with Crippen molar-refractivity contribution in [1.29, 1.82) is 0 Å². The van der Waals surface area contributed by atoms with Crippen LogP contribution in [0.25, 0.3) is 10.9 Å². The first kappa shape index (κ1) is 22.5. The van der Waals surface area contributed by atoms with E-state index in [2.05, 4.69) is 37.0 Å². The van der Waals surface area contributed by atoms with Gasteiger partial charge in [0.15, 0.2) is 5.69 Å². The summed E-state index contributed by atoms with van der Waals surface area (Å²) in [5.41, 5.74) is 3.78. The van der Waals surface area contributed by atoms with Crippen LogP contribution < -0.4 is 4.98 Å². The summed E-state index contributed by atoms with van der Waals surface area (Å²) >= 11 is 6.05. The molecule has 1 heterocycles. The van der Waals surface area contributed by atoms with Gasteiger partial charge in [-0.15, -0.1) is 0 Å². The molecule has 1 aromatic carbocycles. The molecule has 2 rings (SSSR count). The number of aromatic nitrogens is 1. The second-order valence-corrected chi connectivity index (χ2v) is 62.6. The number of pyridine rings is 1. The van der Waals surface area contributed by atoms with Crippen molar-refractivity contribution in [2.75, 3.05) is 0 Å². The van der Waals surface area contributed by atoms with Crippen molar-refractivity contribution in [2.24, 2.45) is 0 Å². The molecule has 0 fully saturated rings. The van der Waals surface area contributed by atoms with E-state index in [4.69, 9.17) is 64.6 Å². The fraction of sp³-hybridized carbons (Fsp3) is 0.357. The Hall–Kier alpha value is 1.48. The Morgan fingerprint density at radius 1 is 1.00 bits per heavy atom. The van der Waals surface area contributed by atoms with Gasteiger partial charge in [0.2, 0.25) is 5.52 Å².